The summed E-state index contributed by atoms with van der Waals surface area (Å²) >= 11 is 0. The van der Waals surface area contributed by atoms with Crippen molar-refractivity contribution in [2.24, 2.45) is 0 Å². The minimum atomic E-state index is -0.108. The summed E-state index contributed by atoms with van der Waals surface area (Å²) < 4.78 is 5.37. The number of benzene rings is 1. The Kier molecular flexibility index (Phi) is 7.06. The lowest BCUT2D eigenvalue weighted by molar-refractivity contribution is -0.133. The van der Waals surface area contributed by atoms with Crippen LogP contribution >= 0.6 is 0 Å². The normalized spacial score (nSPS) is 17.9. The fourth-order valence-corrected chi connectivity index (χ4v) is 3.55. The maximum Gasteiger partial charge on any atom is 0.238 e. The molecule has 7 heteroatoms. The van der Waals surface area contributed by atoms with Crippen molar-refractivity contribution in [3.05, 3.63) is 24.3 Å². The standard InChI is InChI=1S/C20H30N4O3/c1-22(16-20(26)24-9-3-2-4-10-24)15-19(25)21-17-5-7-18(8-6-17)23-11-13-27-14-12-23/h5-8H,2-4,9-16H2,1H3,(H,21,25). The summed E-state index contributed by atoms with van der Waals surface area (Å²) in [7, 11) is 1.81. The number of morpholine rings is 1. The molecule has 3 rings (SSSR count). The minimum Gasteiger partial charge on any atom is -0.378 e. The number of hydrogen-bond donors (Lipinski definition) is 1. The van der Waals surface area contributed by atoms with E-state index < -0.39 is 0 Å². The van der Waals surface area contributed by atoms with Gasteiger partial charge in [-0.05, 0) is 50.6 Å². The number of carbonyl (C=O) groups excluding carboxylic acids is 2. The van der Waals surface area contributed by atoms with Crippen LogP contribution in [0, 0.1) is 0 Å². The van der Waals surface area contributed by atoms with Gasteiger partial charge in [0.25, 0.3) is 0 Å². The van der Waals surface area contributed by atoms with Crippen molar-refractivity contribution in [3.63, 3.8) is 0 Å². The van der Waals surface area contributed by atoms with Crippen LogP contribution in [0.2, 0.25) is 0 Å². The first-order valence-corrected chi connectivity index (χ1v) is 9.81. The Labute approximate surface area is 161 Å². The summed E-state index contributed by atoms with van der Waals surface area (Å²) in [5, 5.41) is 2.91. The number of rotatable bonds is 6. The molecular formula is C20H30N4O3. The van der Waals surface area contributed by atoms with Crippen molar-refractivity contribution < 1.29 is 14.3 Å². The van der Waals surface area contributed by atoms with Crippen LogP contribution in [0.25, 0.3) is 0 Å². The topological polar surface area (TPSA) is 65.1 Å². The zero-order valence-electron chi connectivity index (χ0n) is 16.2. The van der Waals surface area contributed by atoms with Crippen LogP contribution in [0.4, 0.5) is 11.4 Å². The van der Waals surface area contributed by atoms with E-state index in [0.29, 0.717) is 0 Å². The molecular weight excluding hydrogens is 344 g/mol. The summed E-state index contributed by atoms with van der Waals surface area (Å²) in [5.74, 6) is 0.00271. The van der Waals surface area contributed by atoms with Crippen LogP contribution in [0.5, 0.6) is 0 Å². The average molecular weight is 374 g/mol. The maximum absolute atomic E-state index is 12.3. The van der Waals surface area contributed by atoms with Gasteiger partial charge in [0, 0.05) is 37.6 Å². The lowest BCUT2D eigenvalue weighted by Crippen LogP contribution is -2.43. The number of anilines is 2. The predicted molar refractivity (Wildman–Crippen MR) is 106 cm³/mol. The van der Waals surface area contributed by atoms with Crippen molar-refractivity contribution >= 4 is 23.2 Å². The smallest absolute Gasteiger partial charge is 0.238 e. The molecule has 2 aliphatic rings. The molecule has 148 valence electrons. The molecule has 0 unspecified atom stereocenters. The molecule has 0 saturated carbocycles. The summed E-state index contributed by atoms with van der Waals surface area (Å²) in [6.45, 7) is 5.45. The molecule has 0 aliphatic carbocycles. The molecule has 0 radical (unpaired) electrons. The minimum absolute atomic E-state index is 0.108. The van der Waals surface area contributed by atoms with Crippen LogP contribution in [-0.4, -0.2) is 81.1 Å². The molecule has 0 aromatic heterocycles. The highest BCUT2D eigenvalue weighted by atomic mass is 16.5. The molecule has 27 heavy (non-hydrogen) atoms. The Balaban J connectivity index is 1.43. The number of piperidine rings is 1. The third-order valence-electron chi connectivity index (χ3n) is 5.05. The Morgan fingerprint density at radius 1 is 1.00 bits per heavy atom. The molecule has 1 N–H and O–H groups in total. The SMILES string of the molecule is CN(CC(=O)Nc1ccc(N2CCOCC2)cc1)CC(=O)N1CCCCC1. The highest BCUT2D eigenvalue weighted by Gasteiger charge is 2.19. The van der Waals surface area contributed by atoms with E-state index in [1.54, 1.807) is 4.90 Å². The first kappa shape index (κ1) is 19.6. The van der Waals surface area contributed by atoms with Crippen LogP contribution in [0.3, 0.4) is 0 Å². The van der Waals surface area contributed by atoms with E-state index in [0.717, 1.165) is 63.6 Å². The van der Waals surface area contributed by atoms with Crippen molar-refractivity contribution in [1.82, 2.24) is 9.80 Å². The van der Waals surface area contributed by atoms with E-state index >= 15 is 0 Å². The summed E-state index contributed by atoms with van der Waals surface area (Å²) in [4.78, 5) is 30.5. The molecule has 7 nitrogen and oxygen atoms in total. The van der Waals surface area contributed by atoms with E-state index in [1.165, 1.54) is 6.42 Å². The molecule has 0 atom stereocenters. The number of amides is 2. The van der Waals surface area contributed by atoms with Gasteiger partial charge >= 0.3 is 0 Å². The average Bonchev–Trinajstić information content (AvgIpc) is 2.69. The summed E-state index contributed by atoms with van der Waals surface area (Å²) in [6, 6.07) is 7.87. The van der Waals surface area contributed by atoms with Gasteiger partial charge in [0.05, 0.1) is 26.3 Å². The van der Waals surface area contributed by atoms with E-state index in [9.17, 15) is 9.59 Å². The summed E-state index contributed by atoms with van der Waals surface area (Å²) in [6.07, 6.45) is 3.36. The second-order valence-corrected chi connectivity index (χ2v) is 7.31. The third kappa shape index (κ3) is 5.94. The number of hydrogen-bond acceptors (Lipinski definition) is 5. The molecule has 2 saturated heterocycles. The Hall–Kier alpha value is -2.12. The Bertz CT molecular complexity index is 623. The van der Waals surface area contributed by atoms with Crippen molar-refractivity contribution in [2.75, 3.05) is 69.7 Å². The van der Waals surface area contributed by atoms with E-state index in [4.69, 9.17) is 4.74 Å². The van der Waals surface area contributed by atoms with Crippen molar-refractivity contribution in [2.45, 2.75) is 19.3 Å². The fraction of sp³-hybridized carbons (Fsp3) is 0.600. The van der Waals surface area contributed by atoms with Crippen LogP contribution in [0.15, 0.2) is 24.3 Å². The first-order valence-electron chi connectivity index (χ1n) is 9.81. The monoisotopic (exact) mass is 374 g/mol. The maximum atomic E-state index is 12.3. The lowest BCUT2D eigenvalue weighted by atomic mass is 10.1. The Morgan fingerprint density at radius 3 is 2.33 bits per heavy atom. The molecule has 2 heterocycles. The van der Waals surface area contributed by atoms with Gasteiger partial charge in [0.15, 0.2) is 0 Å². The molecule has 1 aromatic carbocycles. The Morgan fingerprint density at radius 2 is 1.67 bits per heavy atom. The summed E-state index contributed by atoms with van der Waals surface area (Å²) in [5.41, 5.74) is 1.91. The van der Waals surface area contributed by atoms with Gasteiger partial charge in [-0.25, -0.2) is 0 Å². The van der Waals surface area contributed by atoms with Crippen molar-refractivity contribution in [1.29, 1.82) is 0 Å². The number of likely N-dealkylation sites (N-methyl/N-ethyl adjacent to an activating group) is 1. The number of carbonyl (C=O) groups is 2. The van der Waals surface area contributed by atoms with Gasteiger partial charge in [-0.15, -0.1) is 0 Å². The van der Waals surface area contributed by atoms with Gasteiger partial charge in [-0.3, -0.25) is 14.5 Å². The van der Waals surface area contributed by atoms with Crippen LogP contribution in [-0.2, 0) is 14.3 Å². The quantitative estimate of drug-likeness (QED) is 0.816. The first-order chi connectivity index (χ1) is 13.1. The highest BCUT2D eigenvalue weighted by molar-refractivity contribution is 5.92. The van der Waals surface area contributed by atoms with Gasteiger partial charge < -0.3 is 19.9 Å². The third-order valence-corrected chi connectivity index (χ3v) is 5.05. The molecule has 0 spiro atoms. The molecule has 1 aromatic rings. The lowest BCUT2D eigenvalue weighted by Gasteiger charge is -2.29. The van der Waals surface area contributed by atoms with E-state index in [-0.39, 0.29) is 24.9 Å². The fourth-order valence-electron chi connectivity index (χ4n) is 3.55. The number of ether oxygens (including phenoxy) is 1. The molecule has 0 bridgehead atoms. The van der Waals surface area contributed by atoms with Crippen LogP contribution in [0.1, 0.15) is 19.3 Å². The van der Waals surface area contributed by atoms with E-state index in [2.05, 4.69) is 10.2 Å². The molecule has 2 amide bonds. The zero-order valence-corrected chi connectivity index (χ0v) is 16.2. The number of nitrogens with one attached hydrogen (secondary N) is 1. The van der Waals surface area contributed by atoms with E-state index in [1.807, 2.05) is 36.2 Å². The van der Waals surface area contributed by atoms with Gasteiger partial charge in [-0.2, -0.15) is 0 Å². The predicted octanol–water partition coefficient (Wildman–Crippen LogP) is 1.41. The van der Waals surface area contributed by atoms with Gasteiger partial charge in [-0.1, -0.05) is 0 Å². The number of likely N-dealkylation sites (tertiary alicyclic amines) is 1. The molecule has 2 fully saturated rings. The van der Waals surface area contributed by atoms with Crippen LogP contribution < -0.4 is 10.2 Å². The molecule has 2 aliphatic heterocycles. The highest BCUT2D eigenvalue weighted by Crippen LogP contribution is 2.19. The van der Waals surface area contributed by atoms with Gasteiger partial charge in [0.1, 0.15) is 0 Å². The van der Waals surface area contributed by atoms with Crippen molar-refractivity contribution in [3.8, 4) is 0 Å². The second-order valence-electron chi connectivity index (χ2n) is 7.31. The second kappa shape index (κ2) is 9.71. The zero-order chi connectivity index (χ0) is 19.1. The van der Waals surface area contributed by atoms with Gasteiger partial charge in [0.2, 0.25) is 11.8 Å². The largest absolute Gasteiger partial charge is 0.378 e. The number of nitrogens with zero attached hydrogens (tertiary/aromatic N) is 3.